The fourth-order valence-electron chi connectivity index (χ4n) is 9.88. The predicted octanol–water partition coefficient (Wildman–Crippen LogP) is 0.215. The van der Waals surface area contributed by atoms with Crippen LogP contribution < -0.4 is 20.1 Å². The summed E-state index contributed by atoms with van der Waals surface area (Å²) in [5.41, 5.74) is 4.03. The van der Waals surface area contributed by atoms with Crippen LogP contribution in [0.5, 0.6) is 0 Å². The van der Waals surface area contributed by atoms with Gasteiger partial charge in [-0.1, -0.05) is 12.1 Å². The van der Waals surface area contributed by atoms with E-state index in [2.05, 4.69) is 9.48 Å². The third-order valence-corrected chi connectivity index (χ3v) is 16.1. The maximum absolute atomic E-state index is 13.0. The van der Waals surface area contributed by atoms with Crippen LogP contribution in [-0.2, 0) is 118 Å². The van der Waals surface area contributed by atoms with Crippen LogP contribution in [0, 0.1) is 0 Å². The Morgan fingerprint density at radius 3 is 1.17 bits per heavy atom. The number of hydrogen-bond donors (Lipinski definition) is 2. The van der Waals surface area contributed by atoms with E-state index in [4.69, 9.17) is 95.5 Å². The number of ether oxygens (including phenoxy) is 18. The number of benzene rings is 3. The summed E-state index contributed by atoms with van der Waals surface area (Å²) in [4.78, 5) is 0.619. The molecule has 28 nitrogen and oxygen atoms in total. The van der Waals surface area contributed by atoms with Crippen molar-refractivity contribution in [3.05, 3.63) is 87.4 Å². The van der Waals surface area contributed by atoms with E-state index in [1.54, 1.807) is 0 Å². The van der Waals surface area contributed by atoms with E-state index in [0.717, 1.165) is 67.0 Å². The van der Waals surface area contributed by atoms with Crippen molar-refractivity contribution in [2.24, 2.45) is 0 Å². The van der Waals surface area contributed by atoms with Gasteiger partial charge >= 0.3 is 0 Å². The fourth-order valence-corrected chi connectivity index (χ4v) is 11.2. The first kappa shape index (κ1) is 81.8. The number of aliphatic hydroxyl groups is 2. The normalized spacial score (nSPS) is 13.9. The summed E-state index contributed by atoms with van der Waals surface area (Å²) in [5, 5.41) is 18.9. The van der Waals surface area contributed by atoms with Crippen LogP contribution in [0.2, 0.25) is 0 Å². The third kappa shape index (κ3) is 36.2. The van der Waals surface area contributed by atoms with Gasteiger partial charge in [-0.25, -0.2) is 21.4 Å². The van der Waals surface area contributed by atoms with E-state index in [-0.39, 0.29) is 18.8 Å². The number of rotatable bonds is 62. The fraction of sp³-hybridized carbons (Fsp3) is 0.708. The van der Waals surface area contributed by atoms with Gasteiger partial charge in [0.05, 0.1) is 254 Å². The highest BCUT2D eigenvalue weighted by Gasteiger charge is 2.24. The second kappa shape index (κ2) is 52.2. The summed E-state index contributed by atoms with van der Waals surface area (Å²) >= 11 is 0. The molecule has 2 aliphatic heterocycles. The number of aryl methyl sites for hydroxylation is 2. The van der Waals surface area contributed by atoms with E-state index in [1.807, 2.05) is 36.4 Å². The Hall–Kier alpha value is -3.85. The monoisotopic (exact) mass is 1390 g/mol. The van der Waals surface area contributed by atoms with E-state index in [1.165, 1.54) is 6.07 Å². The molecule has 0 bridgehead atoms. The number of anilines is 1. The molecule has 0 radical (unpaired) electrons. The van der Waals surface area contributed by atoms with Gasteiger partial charge < -0.3 is 109 Å². The van der Waals surface area contributed by atoms with E-state index in [9.17, 15) is 25.9 Å². The Morgan fingerprint density at radius 2 is 0.779 bits per heavy atom. The molecule has 30 heteroatoms. The van der Waals surface area contributed by atoms with Gasteiger partial charge in [-0.15, -0.1) is 0 Å². The molecule has 2 N–H and O–H groups in total. The first-order valence-corrected chi connectivity index (χ1v) is 35.6. The van der Waals surface area contributed by atoms with Gasteiger partial charge in [0.15, 0.2) is 6.54 Å². The van der Waals surface area contributed by atoms with Crippen LogP contribution in [0.3, 0.4) is 0 Å². The van der Waals surface area contributed by atoms with E-state index in [0.29, 0.717) is 273 Å². The van der Waals surface area contributed by atoms with Crippen LogP contribution >= 0.6 is 0 Å². The Bertz CT molecular complexity index is 2840. The summed E-state index contributed by atoms with van der Waals surface area (Å²) in [5.74, 6) is 0. The topological polar surface area (TPSA) is 327 Å². The SMILES string of the molecule is O=S(=O)([O-])c1ccc(/C(c2ccc3c(c2)CCCN3CCOCCOCCOCCOCCOCCOCCOCCOCCOCCO)=c2/ccc3c(c2)CCC[N+]=3CCOCCOCCOCCOCCOCCOCCOCCOCCOCCO)c(S(=O)(=O)[O-])c1. The van der Waals surface area contributed by atoms with Crippen molar-refractivity contribution in [1.29, 1.82) is 0 Å². The summed E-state index contributed by atoms with van der Waals surface area (Å²) in [7, 11) is -10.4. The number of fused-ring (bicyclic) bond motifs is 2. The van der Waals surface area contributed by atoms with E-state index < -0.39 is 30.0 Å². The molecule has 0 saturated heterocycles. The third-order valence-electron chi connectivity index (χ3n) is 14.4. The zero-order chi connectivity index (χ0) is 67.5. The molecule has 0 unspecified atom stereocenters. The van der Waals surface area contributed by atoms with Gasteiger partial charge in [0, 0.05) is 42.4 Å². The smallest absolute Gasteiger partial charge is 0.203 e. The van der Waals surface area contributed by atoms with Crippen molar-refractivity contribution in [1.82, 2.24) is 4.58 Å². The van der Waals surface area contributed by atoms with Crippen LogP contribution in [0.15, 0.2) is 64.4 Å². The number of hydrogen-bond acceptors (Lipinski definition) is 27. The molecule has 542 valence electrons. The highest BCUT2D eigenvalue weighted by molar-refractivity contribution is 7.86. The summed E-state index contributed by atoms with van der Waals surface area (Å²) < 4.78 is 177. The zero-order valence-corrected chi connectivity index (χ0v) is 56.8. The Labute approximate surface area is 560 Å². The lowest BCUT2D eigenvalue weighted by atomic mass is 9.90. The molecule has 95 heavy (non-hydrogen) atoms. The lowest BCUT2D eigenvalue weighted by molar-refractivity contribution is -0.0255. The van der Waals surface area contributed by atoms with Gasteiger partial charge in [0.2, 0.25) is 5.36 Å². The molecule has 0 atom stereocenters. The second-order valence-electron chi connectivity index (χ2n) is 21.3. The Balaban J connectivity index is 0.978. The number of nitrogens with zero attached hydrogens (tertiary/aromatic N) is 2. The molecule has 0 spiro atoms. The number of aliphatic hydroxyl groups excluding tert-OH is 2. The molecular formula is C65H103N2O26S2-. The van der Waals surface area contributed by atoms with Crippen molar-refractivity contribution in [3.63, 3.8) is 0 Å². The molecule has 0 amide bonds. The second-order valence-corrected chi connectivity index (χ2v) is 24.0. The molecule has 5 rings (SSSR count). The molecule has 0 saturated carbocycles. The van der Waals surface area contributed by atoms with Crippen molar-refractivity contribution in [2.75, 3.05) is 282 Å². The van der Waals surface area contributed by atoms with Crippen molar-refractivity contribution >= 4 is 31.5 Å². The Kier molecular flexibility index (Phi) is 45.0. The first-order chi connectivity index (χ1) is 46.5. The highest BCUT2D eigenvalue weighted by Crippen LogP contribution is 2.34. The van der Waals surface area contributed by atoms with Crippen LogP contribution in [0.4, 0.5) is 5.69 Å². The van der Waals surface area contributed by atoms with Crippen LogP contribution in [0.1, 0.15) is 35.1 Å². The molecule has 3 aromatic rings. The minimum atomic E-state index is -5.29. The lowest BCUT2D eigenvalue weighted by Crippen LogP contribution is -2.40. The Morgan fingerprint density at radius 1 is 0.400 bits per heavy atom. The maximum Gasteiger partial charge on any atom is 0.203 e. The minimum absolute atomic E-state index is 0.0000496. The van der Waals surface area contributed by atoms with Gasteiger partial charge in [-0.3, -0.25) is 0 Å². The molecule has 3 aromatic carbocycles. The molecule has 2 aliphatic rings. The standard InChI is InChI=1S/C65H104N2O26S2/c68-15-19-78-23-27-82-31-35-86-39-43-90-47-51-92-49-45-88-41-37-84-33-29-80-25-21-76-17-13-66-11-1-3-56-53-58(5-9-62(56)66)65(61-8-7-60(94(70,71)72)55-64(61)95(73,74)75)59-6-10-63-57(54-59)4-2-12-67(63)14-18-77-22-26-81-30-34-85-38-42-89-46-50-93-52-48-91-44-40-87-36-32-83-28-24-79-20-16-69/h5-10,53-55,68-69H,1-4,11-52H2,(H-,70,71,72,73,74,75)/p-1. The van der Waals surface area contributed by atoms with Gasteiger partial charge in [-0.2, -0.15) is 0 Å². The average molecular weight is 1390 g/mol. The highest BCUT2D eigenvalue weighted by atomic mass is 32.2. The van der Waals surface area contributed by atoms with Crippen LogP contribution in [0.25, 0.3) is 5.57 Å². The quantitative estimate of drug-likeness (QED) is 0.0434. The zero-order valence-electron chi connectivity index (χ0n) is 55.1. The summed E-state index contributed by atoms with van der Waals surface area (Å²) in [6, 6.07) is 14.6. The summed E-state index contributed by atoms with van der Waals surface area (Å²) in [6.45, 7) is 18.4. The average Bonchev–Trinajstić information content (AvgIpc) is 0.936. The minimum Gasteiger partial charge on any atom is -0.744 e. The molecular weight excluding hydrogens is 1290 g/mol. The van der Waals surface area contributed by atoms with Crippen molar-refractivity contribution in [2.45, 2.75) is 35.5 Å². The first-order valence-electron chi connectivity index (χ1n) is 32.8. The van der Waals surface area contributed by atoms with E-state index >= 15 is 0 Å². The molecule has 0 aliphatic carbocycles. The maximum atomic E-state index is 13.0. The van der Waals surface area contributed by atoms with Crippen molar-refractivity contribution in [3.8, 4) is 0 Å². The molecule has 0 aromatic heterocycles. The molecule has 0 fully saturated rings. The van der Waals surface area contributed by atoms with Crippen LogP contribution in [-0.4, -0.2) is 313 Å². The van der Waals surface area contributed by atoms with Gasteiger partial charge in [0.1, 0.15) is 33.4 Å². The van der Waals surface area contributed by atoms with Gasteiger partial charge in [-0.05, 0) is 77.6 Å². The van der Waals surface area contributed by atoms with Gasteiger partial charge in [0.25, 0.3) is 0 Å². The van der Waals surface area contributed by atoms with Crippen molar-refractivity contribution < 1.29 is 121 Å². The largest absolute Gasteiger partial charge is 0.744 e. The molecule has 2 heterocycles. The summed E-state index contributed by atoms with van der Waals surface area (Å²) in [6.07, 6.45) is 3.16. The lowest BCUT2D eigenvalue weighted by Gasteiger charge is -2.32. The predicted molar refractivity (Wildman–Crippen MR) is 345 cm³/mol.